The molecule has 0 spiro atoms. The van der Waals surface area contributed by atoms with Crippen molar-refractivity contribution >= 4 is 11.8 Å². The highest BCUT2D eigenvalue weighted by atomic mass is 32.2. The van der Waals surface area contributed by atoms with E-state index < -0.39 is 17.8 Å². The van der Waals surface area contributed by atoms with E-state index in [0.717, 1.165) is 17.2 Å². The van der Waals surface area contributed by atoms with Crippen LogP contribution in [-0.4, -0.2) is 11.2 Å². The summed E-state index contributed by atoms with van der Waals surface area (Å²) in [4.78, 5) is 4.81. The van der Waals surface area contributed by atoms with Crippen LogP contribution in [0, 0.1) is 0 Å². The Labute approximate surface area is 124 Å². The minimum atomic E-state index is -4.45. The molecule has 3 nitrogen and oxygen atoms in total. The second-order valence-electron chi connectivity index (χ2n) is 4.33. The Bertz CT molecular complexity index is 599. The van der Waals surface area contributed by atoms with Gasteiger partial charge in [0.2, 0.25) is 0 Å². The summed E-state index contributed by atoms with van der Waals surface area (Å²) in [6.45, 7) is 0. The maximum absolute atomic E-state index is 13.1. The van der Waals surface area contributed by atoms with Gasteiger partial charge >= 0.3 is 6.18 Å². The van der Waals surface area contributed by atoms with Gasteiger partial charge in [0.05, 0.1) is 11.6 Å². The molecule has 0 fully saturated rings. The van der Waals surface area contributed by atoms with Gasteiger partial charge in [-0.15, -0.1) is 11.8 Å². The summed E-state index contributed by atoms with van der Waals surface area (Å²) < 4.78 is 39.2. The van der Waals surface area contributed by atoms with Crippen molar-refractivity contribution < 1.29 is 13.2 Å². The van der Waals surface area contributed by atoms with Gasteiger partial charge in [0.15, 0.2) is 0 Å². The van der Waals surface area contributed by atoms with E-state index in [0.29, 0.717) is 5.56 Å². The fourth-order valence-corrected chi connectivity index (χ4v) is 2.47. The molecule has 1 atom stereocenters. The number of benzene rings is 1. The maximum Gasteiger partial charge on any atom is 0.416 e. The Hall–Kier alpha value is -1.57. The normalized spacial score (nSPS) is 13.2. The zero-order valence-electron chi connectivity index (χ0n) is 11.2. The van der Waals surface area contributed by atoms with E-state index >= 15 is 0 Å². The topological polar surface area (TPSA) is 50.9 Å². The molecule has 2 aromatic rings. The summed E-state index contributed by atoms with van der Waals surface area (Å²) in [6.07, 6.45) is -0.213. The minimum absolute atomic E-state index is 0.00408. The van der Waals surface area contributed by atoms with Crippen molar-refractivity contribution in [2.45, 2.75) is 17.1 Å². The second-order valence-corrected chi connectivity index (χ2v) is 5.21. The third kappa shape index (κ3) is 3.55. The third-order valence-corrected chi connectivity index (χ3v) is 3.83. The van der Waals surface area contributed by atoms with Crippen molar-refractivity contribution in [3.8, 4) is 0 Å². The van der Waals surface area contributed by atoms with Gasteiger partial charge in [-0.1, -0.05) is 12.1 Å². The van der Waals surface area contributed by atoms with Crippen molar-refractivity contribution in [2.24, 2.45) is 5.84 Å². The number of halogens is 3. The number of hydrogen-bond donors (Lipinski definition) is 2. The predicted molar refractivity (Wildman–Crippen MR) is 76.6 cm³/mol. The highest BCUT2D eigenvalue weighted by Crippen LogP contribution is 2.36. The maximum atomic E-state index is 13.1. The number of nitrogens with one attached hydrogen (secondary N) is 1. The lowest BCUT2D eigenvalue weighted by Crippen LogP contribution is -2.30. The summed E-state index contributed by atoms with van der Waals surface area (Å²) in [6, 6.07) is 7.37. The Morgan fingerprint density at radius 2 is 1.86 bits per heavy atom. The number of alkyl halides is 3. The highest BCUT2D eigenvalue weighted by Gasteiger charge is 2.35. The molecule has 0 saturated carbocycles. The first-order chi connectivity index (χ1) is 9.97. The molecule has 1 heterocycles. The van der Waals surface area contributed by atoms with Gasteiger partial charge in [-0.2, -0.15) is 13.2 Å². The summed E-state index contributed by atoms with van der Waals surface area (Å²) in [7, 11) is 0. The number of pyridine rings is 1. The number of thioether (sulfide) groups is 1. The molecule has 21 heavy (non-hydrogen) atoms. The summed E-state index contributed by atoms with van der Waals surface area (Å²) in [5, 5.41) is 0. The van der Waals surface area contributed by atoms with Gasteiger partial charge in [-0.25, -0.2) is 5.43 Å². The van der Waals surface area contributed by atoms with Crippen molar-refractivity contribution in [3.63, 3.8) is 0 Å². The molecule has 0 amide bonds. The van der Waals surface area contributed by atoms with E-state index in [1.807, 2.05) is 18.4 Å². The molecule has 3 N–H and O–H groups in total. The molecule has 0 radical (unpaired) electrons. The minimum Gasteiger partial charge on any atom is -0.271 e. The van der Waals surface area contributed by atoms with E-state index in [9.17, 15) is 13.2 Å². The van der Waals surface area contributed by atoms with Crippen LogP contribution in [0.1, 0.15) is 22.7 Å². The quantitative estimate of drug-likeness (QED) is 0.516. The van der Waals surface area contributed by atoms with E-state index in [-0.39, 0.29) is 5.56 Å². The molecule has 112 valence electrons. The summed E-state index contributed by atoms with van der Waals surface area (Å²) >= 11 is 1.56. The number of hydrogen-bond acceptors (Lipinski definition) is 4. The molecule has 0 aliphatic rings. The number of nitrogens with two attached hydrogens (primary N) is 1. The fraction of sp³-hybridized carbons (Fsp3) is 0.214. The summed E-state index contributed by atoms with van der Waals surface area (Å²) in [5.41, 5.74) is 2.35. The molecule has 7 heteroatoms. The lowest BCUT2D eigenvalue weighted by Gasteiger charge is -2.21. The molecular formula is C14H14F3N3S. The smallest absolute Gasteiger partial charge is 0.271 e. The molecule has 0 aliphatic heterocycles. The summed E-state index contributed by atoms with van der Waals surface area (Å²) in [5.74, 6) is 5.47. The first kappa shape index (κ1) is 15.8. The van der Waals surface area contributed by atoms with E-state index in [4.69, 9.17) is 5.84 Å². The number of aromatic nitrogens is 1. The lowest BCUT2D eigenvalue weighted by atomic mass is 9.96. The number of rotatable bonds is 4. The van der Waals surface area contributed by atoms with Crippen LogP contribution in [0.4, 0.5) is 13.2 Å². The Morgan fingerprint density at radius 1 is 1.19 bits per heavy atom. The van der Waals surface area contributed by atoms with Gasteiger partial charge in [-0.05, 0) is 30.0 Å². The van der Waals surface area contributed by atoms with Gasteiger partial charge in [0.25, 0.3) is 0 Å². The van der Waals surface area contributed by atoms with Crippen LogP contribution >= 0.6 is 11.8 Å². The van der Waals surface area contributed by atoms with Gasteiger partial charge in [0.1, 0.15) is 0 Å². The third-order valence-electron chi connectivity index (χ3n) is 3.08. The van der Waals surface area contributed by atoms with Crippen LogP contribution < -0.4 is 11.3 Å². The molecule has 0 bridgehead atoms. The van der Waals surface area contributed by atoms with Crippen molar-refractivity contribution in [3.05, 3.63) is 59.4 Å². The number of nitrogens with zero attached hydrogens (tertiary/aromatic N) is 1. The Morgan fingerprint density at radius 3 is 2.38 bits per heavy atom. The van der Waals surface area contributed by atoms with Gasteiger partial charge in [-0.3, -0.25) is 10.8 Å². The monoisotopic (exact) mass is 313 g/mol. The van der Waals surface area contributed by atoms with Crippen molar-refractivity contribution in [1.29, 1.82) is 0 Å². The largest absolute Gasteiger partial charge is 0.416 e. The van der Waals surface area contributed by atoms with E-state index in [1.54, 1.807) is 23.9 Å². The zero-order chi connectivity index (χ0) is 15.5. The van der Waals surface area contributed by atoms with E-state index in [1.165, 1.54) is 6.20 Å². The molecule has 2 rings (SSSR count). The van der Waals surface area contributed by atoms with Crippen LogP contribution in [0.25, 0.3) is 0 Å². The molecular weight excluding hydrogens is 299 g/mol. The average Bonchev–Trinajstić information content (AvgIpc) is 2.48. The Balaban J connectivity index is 2.46. The molecule has 0 aliphatic carbocycles. The van der Waals surface area contributed by atoms with E-state index in [2.05, 4.69) is 10.4 Å². The highest BCUT2D eigenvalue weighted by molar-refractivity contribution is 7.98. The van der Waals surface area contributed by atoms with Crippen LogP contribution in [0.2, 0.25) is 0 Å². The second kappa shape index (κ2) is 6.46. The van der Waals surface area contributed by atoms with Crippen molar-refractivity contribution in [2.75, 3.05) is 6.26 Å². The van der Waals surface area contributed by atoms with Gasteiger partial charge in [0, 0.05) is 22.9 Å². The first-order valence-electron chi connectivity index (χ1n) is 6.08. The lowest BCUT2D eigenvalue weighted by molar-refractivity contribution is -0.138. The standard InChI is InChI=1S/C14H14F3N3S/c1-21-10-4-2-9(3-5-10)13(20-18)11-8-19-7-6-12(11)14(15,16)17/h2-8,13,20H,18H2,1H3. The molecule has 1 aromatic carbocycles. The van der Waals surface area contributed by atoms with Crippen LogP contribution in [0.15, 0.2) is 47.6 Å². The number of hydrazine groups is 1. The molecule has 1 aromatic heterocycles. The first-order valence-corrected chi connectivity index (χ1v) is 7.31. The Kier molecular flexibility index (Phi) is 4.87. The molecule has 1 unspecified atom stereocenters. The fourth-order valence-electron chi connectivity index (χ4n) is 2.06. The molecule has 0 saturated heterocycles. The van der Waals surface area contributed by atoms with Crippen LogP contribution in [-0.2, 0) is 6.18 Å². The average molecular weight is 313 g/mol. The van der Waals surface area contributed by atoms with Gasteiger partial charge < -0.3 is 0 Å². The van der Waals surface area contributed by atoms with Crippen LogP contribution in [0.5, 0.6) is 0 Å². The van der Waals surface area contributed by atoms with Crippen molar-refractivity contribution in [1.82, 2.24) is 10.4 Å². The predicted octanol–water partition coefficient (Wildman–Crippen LogP) is 3.38. The SMILES string of the molecule is CSc1ccc(C(NN)c2cnccc2C(F)(F)F)cc1. The zero-order valence-corrected chi connectivity index (χ0v) is 12.0. The van der Waals surface area contributed by atoms with Crippen LogP contribution in [0.3, 0.4) is 0 Å².